The van der Waals surface area contributed by atoms with E-state index in [0.717, 1.165) is 39.0 Å². The van der Waals surface area contributed by atoms with Crippen LogP contribution in [-0.2, 0) is 24.2 Å². The second-order valence-electron chi connectivity index (χ2n) is 7.25. The molecule has 7 heteroatoms. The number of carbonyl (C=O) groups is 1. The zero-order valence-electron chi connectivity index (χ0n) is 16.4. The Morgan fingerprint density at radius 3 is 2.63 bits per heavy atom. The molecule has 4 rings (SSSR count). The number of nitrogens with zero attached hydrogens (tertiary/aromatic N) is 2. The summed E-state index contributed by atoms with van der Waals surface area (Å²) >= 11 is 6.23. The van der Waals surface area contributed by atoms with Crippen molar-refractivity contribution in [2.24, 2.45) is 0 Å². The zero-order valence-corrected chi connectivity index (χ0v) is 17.1. The van der Waals surface area contributed by atoms with Gasteiger partial charge in [0.05, 0.1) is 5.69 Å². The lowest BCUT2D eigenvalue weighted by molar-refractivity contribution is -0.137. The molecule has 0 atom stereocenters. The van der Waals surface area contributed by atoms with Crippen LogP contribution in [0.5, 0.6) is 0 Å². The van der Waals surface area contributed by atoms with E-state index in [4.69, 9.17) is 11.6 Å². The number of rotatable bonds is 6. The summed E-state index contributed by atoms with van der Waals surface area (Å²) in [5.74, 6) is -0.913. The molecular weight excluding hydrogens is 402 g/mol. The molecule has 0 aliphatic carbocycles. The lowest BCUT2D eigenvalue weighted by Gasteiger charge is -2.09. The first-order valence-electron chi connectivity index (χ1n) is 9.53. The van der Waals surface area contributed by atoms with E-state index in [1.807, 2.05) is 49.4 Å². The first-order valence-corrected chi connectivity index (χ1v) is 9.90. The highest BCUT2D eigenvalue weighted by Gasteiger charge is 2.18. The van der Waals surface area contributed by atoms with Gasteiger partial charge in [0.15, 0.2) is 0 Å². The summed E-state index contributed by atoms with van der Waals surface area (Å²) < 4.78 is 1.77. The van der Waals surface area contributed by atoms with Gasteiger partial charge in [-0.3, -0.25) is 9.59 Å². The van der Waals surface area contributed by atoms with Crippen molar-refractivity contribution in [3.8, 4) is 0 Å². The topological polar surface area (TPSA) is 88.0 Å². The van der Waals surface area contributed by atoms with Crippen molar-refractivity contribution in [2.45, 2.75) is 26.3 Å². The fraction of sp³-hybridized carbons (Fsp3) is 0.174. The standard InChI is InChI=1S/C23H20ClN3O3/c1-14-18(19-11-17(24)7-8-21(19)27(14)13-23(29)30)12-20-16(10-22(28)26-25-20)9-15-5-3-2-4-6-15/h2-8,10-11H,9,12-13H2,1H3,(H,26,28)(H,29,30). The average molecular weight is 422 g/mol. The smallest absolute Gasteiger partial charge is 0.323 e. The molecule has 2 aromatic heterocycles. The second kappa shape index (κ2) is 8.16. The van der Waals surface area contributed by atoms with Gasteiger partial charge in [0.2, 0.25) is 0 Å². The van der Waals surface area contributed by atoms with E-state index in [9.17, 15) is 14.7 Å². The molecule has 2 aromatic carbocycles. The van der Waals surface area contributed by atoms with E-state index in [1.165, 1.54) is 0 Å². The molecule has 0 radical (unpaired) electrons. The Labute approximate surface area is 177 Å². The van der Waals surface area contributed by atoms with Crippen molar-refractivity contribution < 1.29 is 9.90 Å². The van der Waals surface area contributed by atoms with Gasteiger partial charge in [0.1, 0.15) is 6.54 Å². The number of aliphatic carboxylic acids is 1. The molecule has 0 unspecified atom stereocenters. The van der Waals surface area contributed by atoms with Crippen LogP contribution in [0.4, 0.5) is 0 Å². The van der Waals surface area contributed by atoms with Gasteiger partial charge in [-0.25, -0.2) is 5.10 Å². The number of benzene rings is 2. The Morgan fingerprint density at radius 1 is 1.13 bits per heavy atom. The highest BCUT2D eigenvalue weighted by Crippen LogP contribution is 2.30. The number of aromatic nitrogens is 3. The minimum atomic E-state index is -0.913. The molecule has 0 aliphatic rings. The van der Waals surface area contributed by atoms with E-state index in [1.54, 1.807) is 16.7 Å². The van der Waals surface area contributed by atoms with Gasteiger partial charge < -0.3 is 9.67 Å². The van der Waals surface area contributed by atoms with Crippen LogP contribution in [0, 0.1) is 6.92 Å². The number of hydrogen-bond donors (Lipinski definition) is 2. The average Bonchev–Trinajstić information content (AvgIpc) is 2.95. The van der Waals surface area contributed by atoms with Gasteiger partial charge in [-0.1, -0.05) is 41.9 Å². The maximum absolute atomic E-state index is 11.9. The molecule has 2 heterocycles. The minimum absolute atomic E-state index is 0.139. The van der Waals surface area contributed by atoms with Gasteiger partial charge in [0.25, 0.3) is 5.56 Å². The summed E-state index contributed by atoms with van der Waals surface area (Å²) in [6.07, 6.45) is 1.04. The Hall–Kier alpha value is -3.38. The van der Waals surface area contributed by atoms with Gasteiger partial charge >= 0.3 is 5.97 Å². The molecule has 0 fully saturated rings. The SMILES string of the molecule is Cc1c(Cc2n[nH]c(=O)cc2Cc2ccccc2)c2cc(Cl)ccc2n1CC(=O)O. The van der Waals surface area contributed by atoms with Crippen molar-refractivity contribution in [1.82, 2.24) is 14.8 Å². The molecule has 4 aromatic rings. The summed E-state index contributed by atoms with van der Waals surface area (Å²) in [6, 6.07) is 16.9. The van der Waals surface area contributed by atoms with Crippen LogP contribution in [-0.4, -0.2) is 25.8 Å². The predicted molar refractivity (Wildman–Crippen MR) is 116 cm³/mol. The number of carboxylic acid groups (broad SMARTS) is 1. The molecule has 0 spiro atoms. The monoisotopic (exact) mass is 421 g/mol. The number of halogens is 1. The fourth-order valence-corrected chi connectivity index (χ4v) is 4.02. The van der Waals surface area contributed by atoms with Crippen LogP contribution in [0.25, 0.3) is 10.9 Å². The van der Waals surface area contributed by atoms with Gasteiger partial charge in [-0.05, 0) is 48.2 Å². The van der Waals surface area contributed by atoms with Crippen LogP contribution >= 0.6 is 11.6 Å². The van der Waals surface area contributed by atoms with Crippen LogP contribution in [0.15, 0.2) is 59.4 Å². The molecule has 0 bridgehead atoms. The maximum atomic E-state index is 11.9. The Kier molecular flexibility index (Phi) is 5.42. The lowest BCUT2D eigenvalue weighted by atomic mass is 9.99. The number of aromatic amines is 1. The maximum Gasteiger partial charge on any atom is 0.323 e. The normalized spacial score (nSPS) is 11.1. The van der Waals surface area contributed by atoms with Crippen molar-refractivity contribution in [3.05, 3.63) is 98.1 Å². The van der Waals surface area contributed by atoms with Crippen LogP contribution < -0.4 is 5.56 Å². The summed E-state index contributed by atoms with van der Waals surface area (Å²) in [5.41, 5.74) is 5.01. The number of carboxylic acids is 1. The molecule has 30 heavy (non-hydrogen) atoms. The lowest BCUT2D eigenvalue weighted by Crippen LogP contribution is -2.14. The highest BCUT2D eigenvalue weighted by molar-refractivity contribution is 6.31. The Morgan fingerprint density at radius 2 is 1.90 bits per heavy atom. The van der Waals surface area contributed by atoms with Crippen LogP contribution in [0.3, 0.4) is 0 Å². The third-order valence-electron chi connectivity index (χ3n) is 5.27. The third kappa shape index (κ3) is 4.00. The summed E-state index contributed by atoms with van der Waals surface area (Å²) in [4.78, 5) is 23.3. The number of H-pyrrole nitrogens is 1. The Balaban J connectivity index is 1.81. The summed E-state index contributed by atoms with van der Waals surface area (Å²) in [5, 5.41) is 17.7. The van der Waals surface area contributed by atoms with Crippen molar-refractivity contribution in [3.63, 3.8) is 0 Å². The number of nitrogens with one attached hydrogen (secondary N) is 1. The number of hydrogen-bond acceptors (Lipinski definition) is 3. The van der Waals surface area contributed by atoms with Crippen LogP contribution in [0.2, 0.25) is 5.02 Å². The van der Waals surface area contributed by atoms with Gasteiger partial charge in [-0.2, -0.15) is 5.10 Å². The Bertz CT molecular complexity index is 1290. The molecule has 0 saturated carbocycles. The summed E-state index contributed by atoms with van der Waals surface area (Å²) in [6.45, 7) is 1.76. The third-order valence-corrected chi connectivity index (χ3v) is 5.50. The van der Waals surface area contributed by atoms with E-state index < -0.39 is 5.97 Å². The van der Waals surface area contributed by atoms with Crippen molar-refractivity contribution in [1.29, 1.82) is 0 Å². The first-order chi connectivity index (χ1) is 14.4. The van der Waals surface area contributed by atoms with Crippen molar-refractivity contribution in [2.75, 3.05) is 0 Å². The van der Waals surface area contributed by atoms with Gasteiger partial charge in [0, 0.05) is 34.1 Å². The second-order valence-corrected chi connectivity index (χ2v) is 7.69. The molecule has 152 valence electrons. The predicted octanol–water partition coefficient (Wildman–Crippen LogP) is 3.95. The van der Waals surface area contributed by atoms with Crippen LogP contribution in [0.1, 0.15) is 28.1 Å². The number of fused-ring (bicyclic) bond motifs is 1. The van der Waals surface area contributed by atoms with E-state index in [2.05, 4.69) is 10.2 Å². The van der Waals surface area contributed by atoms with Gasteiger partial charge in [-0.15, -0.1) is 0 Å². The fourth-order valence-electron chi connectivity index (χ4n) is 3.84. The molecular formula is C23H20ClN3O3. The largest absolute Gasteiger partial charge is 0.480 e. The summed E-state index contributed by atoms with van der Waals surface area (Å²) in [7, 11) is 0. The minimum Gasteiger partial charge on any atom is -0.480 e. The van der Waals surface area contributed by atoms with Crippen molar-refractivity contribution >= 4 is 28.5 Å². The molecule has 0 amide bonds. The zero-order chi connectivity index (χ0) is 21.3. The van der Waals surface area contributed by atoms with E-state index >= 15 is 0 Å². The molecule has 2 N–H and O–H groups in total. The quantitative estimate of drug-likeness (QED) is 0.493. The first kappa shape index (κ1) is 19.9. The molecule has 0 saturated heterocycles. The van der Waals surface area contributed by atoms with E-state index in [-0.39, 0.29) is 12.1 Å². The van der Waals surface area contributed by atoms with E-state index in [0.29, 0.717) is 17.9 Å². The molecule has 6 nitrogen and oxygen atoms in total. The highest BCUT2D eigenvalue weighted by atomic mass is 35.5. The molecule has 0 aliphatic heterocycles.